The lowest BCUT2D eigenvalue weighted by Gasteiger charge is -2.14. The van der Waals surface area contributed by atoms with Gasteiger partial charge in [0.1, 0.15) is 5.56 Å². The zero-order valence-corrected chi connectivity index (χ0v) is 16.8. The Morgan fingerprint density at radius 3 is 2.47 bits per heavy atom. The van der Waals surface area contributed by atoms with Gasteiger partial charge in [-0.15, -0.1) is 0 Å². The van der Waals surface area contributed by atoms with Crippen LogP contribution in [0.5, 0.6) is 11.5 Å². The van der Waals surface area contributed by atoms with Crippen molar-refractivity contribution in [2.45, 2.75) is 6.92 Å². The topological polar surface area (TPSA) is 120 Å². The lowest BCUT2D eigenvalue weighted by Crippen LogP contribution is -2.24. The van der Waals surface area contributed by atoms with E-state index < -0.39 is 18.5 Å². The predicted molar refractivity (Wildman–Crippen MR) is 108 cm³/mol. The van der Waals surface area contributed by atoms with Gasteiger partial charge in [-0.3, -0.25) is 14.4 Å². The first-order valence-electron chi connectivity index (χ1n) is 9.00. The molecule has 2 aromatic rings. The summed E-state index contributed by atoms with van der Waals surface area (Å²) in [5.74, 6) is -1.54. The number of hydrogen-bond donors (Lipinski definition) is 2. The summed E-state index contributed by atoms with van der Waals surface area (Å²) in [7, 11) is 2.70. The second kappa shape index (κ2) is 10.6. The van der Waals surface area contributed by atoms with Crippen LogP contribution in [-0.2, 0) is 9.53 Å². The maximum atomic E-state index is 12.5. The van der Waals surface area contributed by atoms with Crippen molar-refractivity contribution in [3.05, 3.63) is 53.1 Å². The molecule has 0 saturated heterocycles. The summed E-state index contributed by atoms with van der Waals surface area (Å²) in [6.45, 7) is 1.66. The molecule has 0 aromatic heterocycles. The van der Waals surface area contributed by atoms with E-state index >= 15 is 0 Å². The van der Waals surface area contributed by atoms with E-state index in [1.54, 1.807) is 25.1 Å². The normalized spacial score (nSPS) is 9.97. The maximum absolute atomic E-state index is 12.5. The van der Waals surface area contributed by atoms with E-state index in [2.05, 4.69) is 10.6 Å². The summed E-state index contributed by atoms with van der Waals surface area (Å²) in [6.07, 6.45) is 0.478. The van der Waals surface area contributed by atoms with Crippen molar-refractivity contribution < 1.29 is 33.4 Å². The Bertz CT molecular complexity index is 956. The van der Waals surface area contributed by atoms with Crippen molar-refractivity contribution in [2.24, 2.45) is 0 Å². The molecule has 158 valence electrons. The molecule has 0 radical (unpaired) electrons. The third kappa shape index (κ3) is 5.34. The Balaban J connectivity index is 2.09. The Hall–Kier alpha value is -3.88. The van der Waals surface area contributed by atoms with Crippen LogP contribution in [0.2, 0.25) is 0 Å². The molecular formula is C21H22N2O7. The first-order valence-corrected chi connectivity index (χ1v) is 9.00. The van der Waals surface area contributed by atoms with Crippen molar-refractivity contribution in [2.75, 3.05) is 32.7 Å². The van der Waals surface area contributed by atoms with Gasteiger partial charge in [-0.1, -0.05) is 6.07 Å². The molecule has 2 amide bonds. The number of hydrogen-bond acceptors (Lipinski definition) is 7. The molecule has 0 fully saturated rings. The van der Waals surface area contributed by atoms with E-state index in [1.165, 1.54) is 32.4 Å². The highest BCUT2D eigenvalue weighted by Crippen LogP contribution is 2.33. The second-order valence-corrected chi connectivity index (χ2v) is 5.95. The van der Waals surface area contributed by atoms with Gasteiger partial charge in [-0.2, -0.15) is 0 Å². The van der Waals surface area contributed by atoms with Crippen molar-refractivity contribution in [1.29, 1.82) is 0 Å². The van der Waals surface area contributed by atoms with Crippen molar-refractivity contribution in [3.63, 3.8) is 0 Å². The van der Waals surface area contributed by atoms with Gasteiger partial charge >= 0.3 is 5.97 Å². The van der Waals surface area contributed by atoms with Gasteiger partial charge in [0.05, 0.1) is 14.2 Å². The SMILES string of the molecule is CCNC(=O)c1cccc(NC(=O)COC(=O)c2c(C=O)ccc(OC)c2OC)c1. The highest BCUT2D eigenvalue weighted by molar-refractivity contribution is 6.03. The van der Waals surface area contributed by atoms with Gasteiger partial charge in [0.2, 0.25) is 0 Å². The number of carbonyl (C=O) groups is 4. The Kier molecular flexibility index (Phi) is 7.92. The first kappa shape index (κ1) is 22.4. The minimum atomic E-state index is -0.918. The molecule has 0 bridgehead atoms. The molecule has 9 heteroatoms. The van der Waals surface area contributed by atoms with Crippen LogP contribution in [0.1, 0.15) is 38.0 Å². The average Bonchev–Trinajstić information content (AvgIpc) is 2.76. The van der Waals surface area contributed by atoms with Crippen LogP contribution >= 0.6 is 0 Å². The lowest BCUT2D eigenvalue weighted by atomic mass is 10.1. The zero-order valence-electron chi connectivity index (χ0n) is 16.8. The molecule has 0 aliphatic heterocycles. The van der Waals surface area contributed by atoms with Gasteiger partial charge < -0.3 is 24.8 Å². The molecule has 0 spiro atoms. The molecule has 0 aliphatic carbocycles. The summed E-state index contributed by atoms with van der Waals surface area (Å²) in [5, 5.41) is 5.20. The third-order valence-corrected chi connectivity index (χ3v) is 3.99. The third-order valence-electron chi connectivity index (χ3n) is 3.99. The number of rotatable bonds is 9. The number of methoxy groups -OCH3 is 2. The van der Waals surface area contributed by atoms with Crippen LogP contribution in [0.4, 0.5) is 5.69 Å². The molecule has 2 N–H and O–H groups in total. The van der Waals surface area contributed by atoms with Crippen LogP contribution in [0.15, 0.2) is 36.4 Å². The van der Waals surface area contributed by atoms with Crippen LogP contribution in [0.3, 0.4) is 0 Å². The highest BCUT2D eigenvalue weighted by Gasteiger charge is 2.23. The first-order chi connectivity index (χ1) is 14.4. The van der Waals surface area contributed by atoms with E-state index in [0.717, 1.165) is 0 Å². The van der Waals surface area contributed by atoms with Gasteiger partial charge in [0.25, 0.3) is 11.8 Å². The number of esters is 1. The van der Waals surface area contributed by atoms with Gasteiger partial charge in [-0.05, 0) is 37.3 Å². The molecule has 0 heterocycles. The van der Waals surface area contributed by atoms with E-state index in [-0.39, 0.29) is 28.5 Å². The highest BCUT2D eigenvalue weighted by atomic mass is 16.5. The number of ether oxygens (including phenoxy) is 3. The molecule has 0 aliphatic rings. The van der Waals surface area contributed by atoms with Crippen molar-refractivity contribution in [1.82, 2.24) is 5.32 Å². The molecule has 0 saturated carbocycles. The minimum absolute atomic E-state index is 0.0298. The monoisotopic (exact) mass is 414 g/mol. The van der Waals surface area contributed by atoms with Crippen molar-refractivity contribution in [3.8, 4) is 11.5 Å². The van der Waals surface area contributed by atoms with Gasteiger partial charge in [-0.25, -0.2) is 4.79 Å². The molecule has 0 atom stereocenters. The summed E-state index contributed by atoms with van der Waals surface area (Å²) >= 11 is 0. The Morgan fingerprint density at radius 2 is 1.83 bits per heavy atom. The lowest BCUT2D eigenvalue weighted by molar-refractivity contribution is -0.119. The fourth-order valence-electron chi connectivity index (χ4n) is 2.65. The quantitative estimate of drug-likeness (QED) is 0.476. The molecule has 9 nitrogen and oxygen atoms in total. The number of nitrogens with one attached hydrogen (secondary N) is 2. The largest absolute Gasteiger partial charge is 0.493 e. The van der Waals surface area contributed by atoms with Crippen LogP contribution < -0.4 is 20.1 Å². The summed E-state index contributed by atoms with van der Waals surface area (Å²) in [5.41, 5.74) is 0.640. The summed E-state index contributed by atoms with van der Waals surface area (Å²) in [4.78, 5) is 47.8. The van der Waals surface area contributed by atoms with Gasteiger partial charge in [0.15, 0.2) is 24.4 Å². The Labute approximate surface area is 173 Å². The number of aldehydes is 1. The molecular weight excluding hydrogens is 392 g/mol. The number of anilines is 1. The molecule has 2 rings (SSSR count). The van der Waals surface area contributed by atoms with Gasteiger partial charge in [0, 0.05) is 23.4 Å². The van der Waals surface area contributed by atoms with E-state index in [0.29, 0.717) is 24.1 Å². The summed E-state index contributed by atoms with van der Waals surface area (Å²) in [6, 6.07) is 9.18. The van der Waals surface area contributed by atoms with E-state index in [4.69, 9.17) is 14.2 Å². The van der Waals surface area contributed by atoms with E-state index in [1.807, 2.05) is 0 Å². The standard InChI is InChI=1S/C21H22N2O7/c1-4-22-20(26)13-6-5-7-15(10-13)23-17(25)12-30-21(27)18-14(11-24)8-9-16(28-2)19(18)29-3/h5-11H,4,12H2,1-3H3,(H,22,26)(H,23,25). The predicted octanol–water partition coefficient (Wildman–Crippen LogP) is 2.06. The molecule has 30 heavy (non-hydrogen) atoms. The smallest absolute Gasteiger partial charge is 0.343 e. The average molecular weight is 414 g/mol. The van der Waals surface area contributed by atoms with Crippen LogP contribution in [0.25, 0.3) is 0 Å². The van der Waals surface area contributed by atoms with E-state index in [9.17, 15) is 19.2 Å². The number of amides is 2. The maximum Gasteiger partial charge on any atom is 0.343 e. The minimum Gasteiger partial charge on any atom is -0.493 e. The van der Waals surface area contributed by atoms with Crippen LogP contribution in [-0.4, -0.2) is 51.4 Å². The fraction of sp³-hybridized carbons (Fsp3) is 0.238. The molecule has 2 aromatic carbocycles. The fourth-order valence-corrected chi connectivity index (χ4v) is 2.65. The van der Waals surface area contributed by atoms with Crippen molar-refractivity contribution >= 4 is 29.8 Å². The number of benzene rings is 2. The molecule has 0 unspecified atom stereocenters. The zero-order chi connectivity index (χ0) is 22.1. The second-order valence-electron chi connectivity index (χ2n) is 5.95. The number of carbonyl (C=O) groups excluding carboxylic acids is 4. The summed E-state index contributed by atoms with van der Waals surface area (Å²) < 4.78 is 15.3. The van der Waals surface area contributed by atoms with Crippen LogP contribution in [0, 0.1) is 0 Å². The Morgan fingerprint density at radius 1 is 1.07 bits per heavy atom.